The minimum atomic E-state index is -0.798. The van der Waals surface area contributed by atoms with Gasteiger partial charge in [0.15, 0.2) is 0 Å². The standard InChI is InChI=1S/C16H30N2O3/c1-3-15(4-2,11-17)13(19)18-12-16(14(20)21)9-7-5-6-8-10-16/h3-12,17H2,1-2H3,(H,18,19)(H,20,21). The maximum Gasteiger partial charge on any atom is 0.311 e. The molecule has 5 heteroatoms. The van der Waals surface area contributed by atoms with Gasteiger partial charge < -0.3 is 16.2 Å². The lowest BCUT2D eigenvalue weighted by Crippen LogP contribution is -2.50. The Balaban J connectivity index is 2.77. The van der Waals surface area contributed by atoms with Gasteiger partial charge in [0.2, 0.25) is 5.91 Å². The van der Waals surface area contributed by atoms with Crippen molar-refractivity contribution in [1.82, 2.24) is 5.32 Å². The third-order valence-corrected chi connectivity index (χ3v) is 5.33. The molecule has 0 heterocycles. The first-order valence-corrected chi connectivity index (χ1v) is 8.18. The van der Waals surface area contributed by atoms with E-state index in [0.29, 0.717) is 32.2 Å². The Hall–Kier alpha value is -1.10. The molecule has 0 aromatic heterocycles. The summed E-state index contributed by atoms with van der Waals surface area (Å²) in [5.41, 5.74) is 4.42. The summed E-state index contributed by atoms with van der Waals surface area (Å²) in [4.78, 5) is 24.2. The first-order valence-electron chi connectivity index (χ1n) is 8.18. The maximum absolute atomic E-state index is 12.5. The highest BCUT2D eigenvalue weighted by Gasteiger charge is 2.41. The molecule has 122 valence electrons. The summed E-state index contributed by atoms with van der Waals surface area (Å²) in [5, 5.41) is 12.5. The van der Waals surface area contributed by atoms with Gasteiger partial charge in [0.05, 0.1) is 10.8 Å². The molecule has 4 N–H and O–H groups in total. The van der Waals surface area contributed by atoms with Crippen molar-refractivity contribution in [2.45, 2.75) is 65.2 Å². The molecule has 0 bridgehead atoms. The third-order valence-electron chi connectivity index (χ3n) is 5.33. The topological polar surface area (TPSA) is 92.4 Å². The van der Waals surface area contributed by atoms with Crippen LogP contribution in [-0.4, -0.2) is 30.1 Å². The Morgan fingerprint density at radius 3 is 2.05 bits per heavy atom. The lowest BCUT2D eigenvalue weighted by atomic mass is 9.78. The quantitative estimate of drug-likeness (QED) is 0.629. The van der Waals surface area contributed by atoms with E-state index in [9.17, 15) is 14.7 Å². The highest BCUT2D eigenvalue weighted by molar-refractivity contribution is 5.84. The van der Waals surface area contributed by atoms with Crippen molar-refractivity contribution in [3.05, 3.63) is 0 Å². The second-order valence-corrected chi connectivity index (χ2v) is 6.37. The summed E-state index contributed by atoms with van der Waals surface area (Å²) in [6.07, 6.45) is 6.65. The highest BCUT2D eigenvalue weighted by atomic mass is 16.4. The normalized spacial score (nSPS) is 18.8. The molecule has 1 rings (SSSR count). The van der Waals surface area contributed by atoms with Gasteiger partial charge in [0.1, 0.15) is 0 Å². The van der Waals surface area contributed by atoms with Crippen LogP contribution in [0.5, 0.6) is 0 Å². The van der Waals surface area contributed by atoms with Crippen LogP contribution in [0.3, 0.4) is 0 Å². The van der Waals surface area contributed by atoms with E-state index in [0.717, 1.165) is 25.7 Å². The third kappa shape index (κ3) is 3.96. The zero-order valence-electron chi connectivity index (χ0n) is 13.4. The van der Waals surface area contributed by atoms with Gasteiger partial charge in [-0.3, -0.25) is 9.59 Å². The lowest BCUT2D eigenvalue weighted by molar-refractivity contribution is -0.150. The average molecular weight is 298 g/mol. The van der Waals surface area contributed by atoms with Gasteiger partial charge in [-0.15, -0.1) is 0 Å². The van der Waals surface area contributed by atoms with Crippen molar-refractivity contribution >= 4 is 11.9 Å². The monoisotopic (exact) mass is 298 g/mol. The molecule has 0 aromatic rings. The van der Waals surface area contributed by atoms with Crippen LogP contribution in [0.25, 0.3) is 0 Å². The number of nitrogens with two attached hydrogens (primary N) is 1. The van der Waals surface area contributed by atoms with Crippen molar-refractivity contribution in [2.75, 3.05) is 13.1 Å². The van der Waals surface area contributed by atoms with Gasteiger partial charge in [0.25, 0.3) is 0 Å². The van der Waals surface area contributed by atoms with Crippen molar-refractivity contribution in [1.29, 1.82) is 0 Å². The van der Waals surface area contributed by atoms with Crippen molar-refractivity contribution in [2.24, 2.45) is 16.6 Å². The second kappa shape index (κ2) is 7.78. The van der Waals surface area contributed by atoms with E-state index in [2.05, 4.69) is 5.32 Å². The number of amides is 1. The number of nitrogens with one attached hydrogen (secondary N) is 1. The molecule has 5 nitrogen and oxygen atoms in total. The molecule has 0 radical (unpaired) electrons. The van der Waals surface area contributed by atoms with Gasteiger partial charge in [0, 0.05) is 13.1 Å². The molecule has 1 saturated carbocycles. The van der Waals surface area contributed by atoms with Crippen LogP contribution in [0.1, 0.15) is 65.2 Å². The summed E-state index contributed by atoms with van der Waals surface area (Å²) >= 11 is 0. The summed E-state index contributed by atoms with van der Waals surface area (Å²) in [6.45, 7) is 4.43. The van der Waals surface area contributed by atoms with E-state index >= 15 is 0 Å². The fourth-order valence-corrected chi connectivity index (χ4v) is 3.26. The maximum atomic E-state index is 12.5. The first kappa shape index (κ1) is 18.0. The zero-order valence-corrected chi connectivity index (χ0v) is 13.4. The van der Waals surface area contributed by atoms with E-state index in [1.165, 1.54) is 0 Å². The van der Waals surface area contributed by atoms with E-state index in [1.54, 1.807) is 0 Å². The Bertz CT molecular complexity index is 348. The molecular formula is C16H30N2O3. The Morgan fingerprint density at radius 1 is 1.14 bits per heavy atom. The number of aliphatic carboxylic acids is 1. The first-order chi connectivity index (χ1) is 9.96. The van der Waals surface area contributed by atoms with Crippen molar-refractivity contribution < 1.29 is 14.7 Å². The number of hydrogen-bond donors (Lipinski definition) is 3. The van der Waals surface area contributed by atoms with Gasteiger partial charge in [-0.1, -0.05) is 39.5 Å². The van der Waals surface area contributed by atoms with Crippen LogP contribution in [0, 0.1) is 10.8 Å². The van der Waals surface area contributed by atoms with Gasteiger partial charge in [-0.05, 0) is 25.7 Å². The molecule has 0 atom stereocenters. The van der Waals surface area contributed by atoms with E-state index in [-0.39, 0.29) is 12.5 Å². The number of carbonyl (C=O) groups is 2. The molecule has 1 fully saturated rings. The highest BCUT2D eigenvalue weighted by Crippen LogP contribution is 2.35. The number of carbonyl (C=O) groups excluding carboxylic acids is 1. The average Bonchev–Trinajstić information content (AvgIpc) is 2.74. The molecule has 1 aliphatic carbocycles. The predicted octanol–water partition coefficient (Wildman–Crippen LogP) is 2.29. The van der Waals surface area contributed by atoms with E-state index in [4.69, 9.17) is 5.73 Å². The number of rotatable bonds is 7. The summed E-state index contributed by atoms with van der Waals surface area (Å²) in [7, 11) is 0. The van der Waals surface area contributed by atoms with Crippen LogP contribution in [0.4, 0.5) is 0 Å². The number of hydrogen-bond acceptors (Lipinski definition) is 3. The van der Waals surface area contributed by atoms with Crippen LogP contribution in [-0.2, 0) is 9.59 Å². The van der Waals surface area contributed by atoms with Crippen LogP contribution in [0.2, 0.25) is 0 Å². The largest absolute Gasteiger partial charge is 0.481 e. The Kier molecular flexibility index (Phi) is 6.65. The van der Waals surface area contributed by atoms with Crippen LogP contribution >= 0.6 is 0 Å². The van der Waals surface area contributed by atoms with Gasteiger partial charge in [-0.2, -0.15) is 0 Å². The molecule has 0 aliphatic heterocycles. The van der Waals surface area contributed by atoms with Gasteiger partial charge in [-0.25, -0.2) is 0 Å². The summed E-state index contributed by atoms with van der Waals surface area (Å²) in [5.74, 6) is -0.879. The van der Waals surface area contributed by atoms with Crippen molar-refractivity contribution in [3.8, 4) is 0 Å². The minimum Gasteiger partial charge on any atom is -0.481 e. The fourth-order valence-electron chi connectivity index (χ4n) is 3.26. The SMILES string of the molecule is CCC(CC)(CN)C(=O)NCC1(C(=O)O)CCCCCC1. The molecule has 0 saturated heterocycles. The molecular weight excluding hydrogens is 268 g/mol. The molecule has 0 spiro atoms. The summed E-state index contributed by atoms with van der Waals surface area (Å²) < 4.78 is 0. The molecule has 0 aromatic carbocycles. The fraction of sp³-hybridized carbons (Fsp3) is 0.875. The molecule has 0 unspecified atom stereocenters. The zero-order chi connectivity index (χ0) is 15.9. The lowest BCUT2D eigenvalue weighted by Gasteiger charge is -2.33. The van der Waals surface area contributed by atoms with Crippen molar-refractivity contribution in [3.63, 3.8) is 0 Å². The van der Waals surface area contributed by atoms with E-state index < -0.39 is 16.8 Å². The van der Waals surface area contributed by atoms with Crippen LogP contribution < -0.4 is 11.1 Å². The Morgan fingerprint density at radius 2 is 1.67 bits per heavy atom. The smallest absolute Gasteiger partial charge is 0.311 e. The predicted molar refractivity (Wildman–Crippen MR) is 82.8 cm³/mol. The van der Waals surface area contributed by atoms with Crippen LogP contribution in [0.15, 0.2) is 0 Å². The number of carboxylic acid groups (broad SMARTS) is 1. The Labute approximate surface area is 127 Å². The molecule has 1 aliphatic rings. The minimum absolute atomic E-state index is 0.0973. The summed E-state index contributed by atoms with van der Waals surface area (Å²) in [6, 6.07) is 0. The molecule has 1 amide bonds. The van der Waals surface area contributed by atoms with E-state index in [1.807, 2.05) is 13.8 Å². The second-order valence-electron chi connectivity index (χ2n) is 6.37. The molecule has 21 heavy (non-hydrogen) atoms. The number of carboxylic acids is 1. The van der Waals surface area contributed by atoms with Gasteiger partial charge >= 0.3 is 5.97 Å².